The number of hydrogen-bond donors (Lipinski definition) is 1. The van der Waals surface area contributed by atoms with Crippen molar-refractivity contribution in [2.24, 2.45) is 5.92 Å². The van der Waals surface area contributed by atoms with E-state index >= 15 is 0 Å². The van der Waals surface area contributed by atoms with Crippen molar-refractivity contribution >= 4 is 0 Å². The van der Waals surface area contributed by atoms with Crippen LogP contribution < -0.4 is 5.32 Å². The standard InChI is InChI=1S/C14H17FN4/c15-13-5-3-12(4-6-13)14(11-1-2-11)16-7-9-19-10-8-17-18-19/h3-6,8,10-11,14,16H,1-2,7,9H2. The van der Waals surface area contributed by atoms with Gasteiger partial charge in [-0.3, -0.25) is 4.68 Å². The first-order valence-corrected chi connectivity index (χ1v) is 6.66. The Morgan fingerprint density at radius 2 is 2.11 bits per heavy atom. The number of rotatable bonds is 6. The summed E-state index contributed by atoms with van der Waals surface area (Å²) in [5.41, 5.74) is 1.17. The van der Waals surface area contributed by atoms with Crippen LogP contribution in [0, 0.1) is 11.7 Å². The minimum atomic E-state index is -0.180. The van der Waals surface area contributed by atoms with Gasteiger partial charge in [0.25, 0.3) is 0 Å². The topological polar surface area (TPSA) is 42.7 Å². The van der Waals surface area contributed by atoms with E-state index in [1.807, 2.05) is 23.0 Å². The molecule has 1 heterocycles. The highest BCUT2D eigenvalue weighted by Gasteiger charge is 2.31. The largest absolute Gasteiger partial charge is 0.308 e. The highest BCUT2D eigenvalue weighted by Crippen LogP contribution is 2.40. The fourth-order valence-corrected chi connectivity index (χ4v) is 2.34. The summed E-state index contributed by atoms with van der Waals surface area (Å²) in [7, 11) is 0. The van der Waals surface area contributed by atoms with Crippen LogP contribution >= 0.6 is 0 Å². The zero-order chi connectivity index (χ0) is 13.1. The molecule has 1 atom stereocenters. The van der Waals surface area contributed by atoms with Crippen LogP contribution in [0.3, 0.4) is 0 Å². The van der Waals surface area contributed by atoms with E-state index in [4.69, 9.17) is 0 Å². The third-order valence-electron chi connectivity index (χ3n) is 3.50. The van der Waals surface area contributed by atoms with Crippen LogP contribution in [-0.4, -0.2) is 21.5 Å². The summed E-state index contributed by atoms with van der Waals surface area (Å²) in [6.07, 6.45) is 6.03. The van der Waals surface area contributed by atoms with E-state index in [1.54, 1.807) is 6.20 Å². The van der Waals surface area contributed by atoms with E-state index < -0.39 is 0 Å². The predicted octanol–water partition coefficient (Wildman–Crippen LogP) is 2.16. The van der Waals surface area contributed by atoms with Crippen molar-refractivity contribution in [1.29, 1.82) is 0 Å². The third kappa shape index (κ3) is 3.17. The molecule has 1 fully saturated rings. The van der Waals surface area contributed by atoms with Gasteiger partial charge in [0.1, 0.15) is 5.82 Å². The highest BCUT2D eigenvalue weighted by atomic mass is 19.1. The molecule has 1 aromatic carbocycles. The summed E-state index contributed by atoms with van der Waals surface area (Å²) in [6, 6.07) is 7.14. The van der Waals surface area contributed by atoms with Gasteiger partial charge in [-0.25, -0.2) is 4.39 Å². The van der Waals surface area contributed by atoms with Crippen LogP contribution in [0.4, 0.5) is 4.39 Å². The lowest BCUT2D eigenvalue weighted by Crippen LogP contribution is -2.27. The predicted molar refractivity (Wildman–Crippen MR) is 69.9 cm³/mol. The van der Waals surface area contributed by atoms with Gasteiger partial charge in [-0.05, 0) is 36.5 Å². The average molecular weight is 260 g/mol. The second-order valence-corrected chi connectivity index (χ2v) is 4.99. The van der Waals surface area contributed by atoms with E-state index in [0.717, 1.165) is 13.1 Å². The molecule has 1 N–H and O–H groups in total. The third-order valence-corrected chi connectivity index (χ3v) is 3.50. The summed E-state index contributed by atoms with van der Waals surface area (Å²) in [4.78, 5) is 0. The Balaban J connectivity index is 1.60. The van der Waals surface area contributed by atoms with Gasteiger partial charge in [0.2, 0.25) is 0 Å². The summed E-state index contributed by atoms with van der Waals surface area (Å²) >= 11 is 0. The molecule has 0 aliphatic heterocycles. The van der Waals surface area contributed by atoms with Crippen molar-refractivity contribution in [3.05, 3.63) is 48.0 Å². The van der Waals surface area contributed by atoms with Gasteiger partial charge in [-0.2, -0.15) is 0 Å². The molecular formula is C14H17FN4. The van der Waals surface area contributed by atoms with E-state index in [9.17, 15) is 4.39 Å². The number of halogens is 1. The molecule has 1 saturated carbocycles. The monoisotopic (exact) mass is 260 g/mol. The maximum atomic E-state index is 13.0. The van der Waals surface area contributed by atoms with Gasteiger partial charge >= 0.3 is 0 Å². The molecule has 0 saturated heterocycles. The second-order valence-electron chi connectivity index (χ2n) is 4.99. The Morgan fingerprint density at radius 1 is 1.32 bits per heavy atom. The van der Waals surface area contributed by atoms with Crippen LogP contribution in [0.5, 0.6) is 0 Å². The molecule has 4 nitrogen and oxygen atoms in total. The first kappa shape index (κ1) is 12.3. The molecule has 1 aliphatic carbocycles. The molecule has 0 radical (unpaired) electrons. The number of hydrogen-bond acceptors (Lipinski definition) is 3. The Hall–Kier alpha value is -1.75. The maximum absolute atomic E-state index is 13.0. The fraction of sp³-hybridized carbons (Fsp3) is 0.429. The van der Waals surface area contributed by atoms with Gasteiger partial charge in [0.15, 0.2) is 0 Å². The smallest absolute Gasteiger partial charge is 0.123 e. The van der Waals surface area contributed by atoms with Gasteiger partial charge in [0, 0.05) is 18.8 Å². The lowest BCUT2D eigenvalue weighted by Gasteiger charge is -2.18. The number of nitrogens with one attached hydrogen (secondary N) is 1. The molecule has 19 heavy (non-hydrogen) atoms. The number of aromatic nitrogens is 3. The Labute approximate surface area is 111 Å². The lowest BCUT2D eigenvalue weighted by molar-refractivity contribution is 0.446. The first-order chi connectivity index (χ1) is 9.33. The molecule has 2 aromatic rings. The van der Waals surface area contributed by atoms with Crippen molar-refractivity contribution in [2.45, 2.75) is 25.4 Å². The summed E-state index contributed by atoms with van der Waals surface area (Å²) in [5, 5.41) is 11.3. The van der Waals surface area contributed by atoms with Crippen LogP contribution in [-0.2, 0) is 6.54 Å². The van der Waals surface area contributed by atoms with Gasteiger partial charge in [0.05, 0.1) is 12.7 Å². The first-order valence-electron chi connectivity index (χ1n) is 6.66. The van der Waals surface area contributed by atoms with Crippen molar-refractivity contribution < 1.29 is 4.39 Å². The molecule has 0 bridgehead atoms. The van der Waals surface area contributed by atoms with E-state index in [1.165, 1.54) is 30.5 Å². The van der Waals surface area contributed by atoms with Crippen molar-refractivity contribution in [3.8, 4) is 0 Å². The SMILES string of the molecule is Fc1ccc(C(NCCn2ccnn2)C2CC2)cc1. The average Bonchev–Trinajstić information content (AvgIpc) is 3.13. The fourth-order valence-electron chi connectivity index (χ4n) is 2.34. The zero-order valence-electron chi connectivity index (χ0n) is 10.7. The Bertz CT molecular complexity index is 505. The second kappa shape index (κ2) is 5.48. The zero-order valence-corrected chi connectivity index (χ0v) is 10.7. The van der Waals surface area contributed by atoms with Gasteiger partial charge in [-0.1, -0.05) is 17.3 Å². The number of nitrogens with zero attached hydrogens (tertiary/aromatic N) is 3. The van der Waals surface area contributed by atoms with E-state index in [-0.39, 0.29) is 5.82 Å². The van der Waals surface area contributed by atoms with Gasteiger partial charge < -0.3 is 5.32 Å². The van der Waals surface area contributed by atoms with Crippen molar-refractivity contribution in [1.82, 2.24) is 20.3 Å². The molecule has 1 aromatic heterocycles. The molecule has 3 rings (SSSR count). The normalized spacial score (nSPS) is 16.5. The summed E-state index contributed by atoms with van der Waals surface area (Å²) in [6.45, 7) is 1.63. The Morgan fingerprint density at radius 3 is 2.74 bits per heavy atom. The molecule has 1 unspecified atom stereocenters. The molecule has 0 spiro atoms. The highest BCUT2D eigenvalue weighted by molar-refractivity contribution is 5.21. The quantitative estimate of drug-likeness (QED) is 0.865. The van der Waals surface area contributed by atoms with Crippen molar-refractivity contribution in [2.75, 3.05) is 6.54 Å². The lowest BCUT2D eigenvalue weighted by atomic mass is 10.0. The minimum Gasteiger partial charge on any atom is -0.308 e. The molecule has 5 heteroatoms. The number of benzene rings is 1. The van der Waals surface area contributed by atoms with Crippen LogP contribution in [0.15, 0.2) is 36.7 Å². The molecular weight excluding hydrogens is 243 g/mol. The van der Waals surface area contributed by atoms with Gasteiger partial charge in [-0.15, -0.1) is 5.10 Å². The van der Waals surface area contributed by atoms with Crippen LogP contribution in [0.25, 0.3) is 0 Å². The molecule has 0 amide bonds. The summed E-state index contributed by atoms with van der Waals surface area (Å²) < 4.78 is 14.8. The Kier molecular flexibility index (Phi) is 3.55. The maximum Gasteiger partial charge on any atom is 0.123 e. The molecule has 100 valence electrons. The summed E-state index contributed by atoms with van der Waals surface area (Å²) in [5.74, 6) is 0.502. The van der Waals surface area contributed by atoms with Crippen molar-refractivity contribution in [3.63, 3.8) is 0 Å². The molecule has 1 aliphatic rings. The van der Waals surface area contributed by atoms with E-state index in [2.05, 4.69) is 15.6 Å². The van der Waals surface area contributed by atoms with Crippen LogP contribution in [0.1, 0.15) is 24.4 Å². The minimum absolute atomic E-state index is 0.180. The van der Waals surface area contributed by atoms with E-state index in [0.29, 0.717) is 12.0 Å². The van der Waals surface area contributed by atoms with Crippen LogP contribution in [0.2, 0.25) is 0 Å².